The summed E-state index contributed by atoms with van der Waals surface area (Å²) in [5.41, 5.74) is -0.177. The number of aliphatic hydroxyl groups is 1. The predicted molar refractivity (Wildman–Crippen MR) is 92.5 cm³/mol. The summed E-state index contributed by atoms with van der Waals surface area (Å²) in [5.74, 6) is -0.309. The lowest BCUT2D eigenvalue weighted by Gasteiger charge is -2.40. The van der Waals surface area contributed by atoms with E-state index in [0.717, 1.165) is 17.6 Å². The summed E-state index contributed by atoms with van der Waals surface area (Å²) < 4.78 is 5.35. The van der Waals surface area contributed by atoms with Crippen molar-refractivity contribution in [2.24, 2.45) is 5.41 Å². The standard InChI is InChI=1S/C19H25ClO3/c1-4-23-17(21)18(13-15-6-8-16(20)9-7-15)10-5-11-19(18,22)12-14(2)3/h6-9,22H,2,4-5,10-13H2,1,3H3/t18-,19+/m1/s1. The molecule has 0 amide bonds. The van der Waals surface area contributed by atoms with Crippen LogP contribution in [0.5, 0.6) is 0 Å². The first-order valence-electron chi connectivity index (χ1n) is 8.11. The fourth-order valence-electron chi connectivity index (χ4n) is 3.75. The minimum atomic E-state index is -1.11. The van der Waals surface area contributed by atoms with Gasteiger partial charge in [0.15, 0.2) is 0 Å². The van der Waals surface area contributed by atoms with E-state index in [1.165, 1.54) is 0 Å². The Bertz CT molecular complexity index is 581. The molecule has 0 unspecified atom stereocenters. The molecule has 0 spiro atoms. The molecule has 0 aromatic heterocycles. The van der Waals surface area contributed by atoms with Crippen LogP contribution in [0.4, 0.5) is 0 Å². The van der Waals surface area contributed by atoms with Crippen molar-refractivity contribution in [1.82, 2.24) is 0 Å². The van der Waals surface area contributed by atoms with E-state index in [1.807, 2.05) is 31.2 Å². The molecule has 23 heavy (non-hydrogen) atoms. The molecule has 1 aromatic rings. The smallest absolute Gasteiger partial charge is 0.315 e. The summed E-state index contributed by atoms with van der Waals surface area (Å²) >= 11 is 5.95. The molecule has 1 fully saturated rings. The number of carbonyl (C=O) groups excluding carboxylic acids is 1. The predicted octanol–water partition coefficient (Wildman–Crippen LogP) is 4.31. The molecule has 0 saturated heterocycles. The van der Waals surface area contributed by atoms with E-state index in [1.54, 1.807) is 6.92 Å². The normalized spacial score (nSPS) is 27.0. The number of rotatable bonds is 6. The molecule has 1 N–H and O–H groups in total. The fourth-order valence-corrected chi connectivity index (χ4v) is 3.87. The SMILES string of the molecule is C=C(C)C[C@@]1(O)CCC[C@@]1(Cc1ccc(Cl)cc1)C(=O)OCC. The average molecular weight is 337 g/mol. The number of hydrogen-bond acceptors (Lipinski definition) is 3. The number of carbonyl (C=O) groups is 1. The van der Waals surface area contributed by atoms with Gasteiger partial charge in [-0.05, 0) is 63.6 Å². The lowest BCUT2D eigenvalue weighted by molar-refractivity contribution is -0.171. The molecule has 0 bridgehead atoms. The molecule has 0 aliphatic heterocycles. The molecule has 1 saturated carbocycles. The second-order valence-corrected chi connectivity index (χ2v) is 7.06. The molecule has 1 aliphatic rings. The Hall–Kier alpha value is -1.32. The summed E-state index contributed by atoms with van der Waals surface area (Å²) in [6, 6.07) is 7.43. The number of ether oxygens (including phenoxy) is 1. The Kier molecular flexibility index (Phi) is 5.53. The summed E-state index contributed by atoms with van der Waals surface area (Å²) in [6.07, 6.45) is 2.88. The van der Waals surface area contributed by atoms with Crippen LogP contribution in [-0.2, 0) is 16.0 Å². The summed E-state index contributed by atoms with van der Waals surface area (Å²) in [5, 5.41) is 12.0. The molecule has 2 atom stereocenters. The molecular formula is C19H25ClO3. The van der Waals surface area contributed by atoms with E-state index in [4.69, 9.17) is 16.3 Å². The topological polar surface area (TPSA) is 46.5 Å². The van der Waals surface area contributed by atoms with E-state index in [-0.39, 0.29) is 5.97 Å². The van der Waals surface area contributed by atoms with E-state index < -0.39 is 11.0 Å². The van der Waals surface area contributed by atoms with Gasteiger partial charge in [-0.1, -0.05) is 29.3 Å². The molecule has 1 aliphatic carbocycles. The molecule has 4 heteroatoms. The van der Waals surface area contributed by atoms with E-state index in [0.29, 0.717) is 37.3 Å². The molecule has 2 rings (SSSR count). The van der Waals surface area contributed by atoms with Gasteiger partial charge in [0.05, 0.1) is 12.2 Å². The second-order valence-electron chi connectivity index (χ2n) is 6.62. The van der Waals surface area contributed by atoms with Gasteiger partial charge in [0, 0.05) is 5.02 Å². The fraction of sp³-hybridized carbons (Fsp3) is 0.526. The average Bonchev–Trinajstić information content (AvgIpc) is 2.78. The van der Waals surface area contributed by atoms with Crippen LogP contribution in [-0.4, -0.2) is 23.3 Å². The Labute approximate surface area is 143 Å². The van der Waals surface area contributed by atoms with Crippen LogP contribution in [0.3, 0.4) is 0 Å². The van der Waals surface area contributed by atoms with Crippen molar-refractivity contribution in [3.05, 3.63) is 47.0 Å². The first-order chi connectivity index (χ1) is 10.8. The molecule has 0 heterocycles. The van der Waals surface area contributed by atoms with Crippen molar-refractivity contribution in [2.45, 2.75) is 51.6 Å². The Morgan fingerprint density at radius 1 is 1.35 bits per heavy atom. The highest BCUT2D eigenvalue weighted by Crippen LogP contribution is 2.52. The number of esters is 1. The third kappa shape index (κ3) is 3.61. The van der Waals surface area contributed by atoms with Gasteiger partial charge in [0.2, 0.25) is 0 Å². The Morgan fingerprint density at radius 2 is 2.00 bits per heavy atom. The van der Waals surface area contributed by atoms with Crippen LogP contribution >= 0.6 is 11.6 Å². The highest BCUT2D eigenvalue weighted by atomic mass is 35.5. The summed E-state index contributed by atoms with van der Waals surface area (Å²) in [6.45, 7) is 7.91. The van der Waals surface area contributed by atoms with Crippen LogP contribution in [0.15, 0.2) is 36.4 Å². The third-order valence-electron chi connectivity index (χ3n) is 4.76. The molecule has 1 aromatic carbocycles. The van der Waals surface area contributed by atoms with Gasteiger partial charge < -0.3 is 9.84 Å². The maximum atomic E-state index is 12.8. The van der Waals surface area contributed by atoms with Crippen molar-refractivity contribution in [3.63, 3.8) is 0 Å². The highest BCUT2D eigenvalue weighted by molar-refractivity contribution is 6.30. The largest absolute Gasteiger partial charge is 0.465 e. The van der Waals surface area contributed by atoms with Crippen LogP contribution in [0.1, 0.15) is 45.1 Å². The third-order valence-corrected chi connectivity index (χ3v) is 5.02. The van der Waals surface area contributed by atoms with E-state index >= 15 is 0 Å². The molecule has 0 radical (unpaired) electrons. The van der Waals surface area contributed by atoms with Gasteiger partial charge in [0.1, 0.15) is 5.41 Å². The molecule has 3 nitrogen and oxygen atoms in total. The Morgan fingerprint density at radius 3 is 2.57 bits per heavy atom. The Balaban J connectivity index is 2.41. The number of halogens is 1. The van der Waals surface area contributed by atoms with Crippen molar-refractivity contribution >= 4 is 17.6 Å². The van der Waals surface area contributed by atoms with Gasteiger partial charge >= 0.3 is 5.97 Å². The zero-order valence-corrected chi connectivity index (χ0v) is 14.7. The first kappa shape index (κ1) is 18.0. The van der Waals surface area contributed by atoms with Gasteiger partial charge in [-0.15, -0.1) is 6.58 Å². The van der Waals surface area contributed by atoms with Gasteiger partial charge in [-0.25, -0.2) is 0 Å². The van der Waals surface area contributed by atoms with E-state index in [9.17, 15) is 9.90 Å². The minimum Gasteiger partial charge on any atom is -0.465 e. The first-order valence-corrected chi connectivity index (χ1v) is 8.49. The minimum absolute atomic E-state index is 0.309. The number of benzene rings is 1. The lowest BCUT2D eigenvalue weighted by Crippen LogP contribution is -2.51. The lowest BCUT2D eigenvalue weighted by atomic mass is 9.68. The van der Waals surface area contributed by atoms with Crippen molar-refractivity contribution < 1.29 is 14.6 Å². The van der Waals surface area contributed by atoms with Gasteiger partial charge in [-0.2, -0.15) is 0 Å². The second kappa shape index (κ2) is 7.06. The van der Waals surface area contributed by atoms with Crippen molar-refractivity contribution in [2.75, 3.05) is 6.61 Å². The monoisotopic (exact) mass is 336 g/mol. The zero-order valence-electron chi connectivity index (χ0n) is 13.9. The van der Waals surface area contributed by atoms with Crippen LogP contribution in [0, 0.1) is 5.41 Å². The highest BCUT2D eigenvalue weighted by Gasteiger charge is 2.59. The summed E-state index contributed by atoms with van der Waals surface area (Å²) in [4.78, 5) is 12.8. The van der Waals surface area contributed by atoms with Gasteiger partial charge in [-0.3, -0.25) is 4.79 Å². The van der Waals surface area contributed by atoms with Crippen LogP contribution < -0.4 is 0 Å². The maximum Gasteiger partial charge on any atom is 0.315 e. The quantitative estimate of drug-likeness (QED) is 0.622. The van der Waals surface area contributed by atoms with Crippen molar-refractivity contribution in [1.29, 1.82) is 0 Å². The zero-order chi connectivity index (χ0) is 17.1. The summed E-state index contributed by atoms with van der Waals surface area (Å²) in [7, 11) is 0. The van der Waals surface area contributed by atoms with Crippen molar-refractivity contribution in [3.8, 4) is 0 Å². The van der Waals surface area contributed by atoms with Gasteiger partial charge in [0.25, 0.3) is 0 Å². The van der Waals surface area contributed by atoms with Crippen LogP contribution in [0.2, 0.25) is 5.02 Å². The maximum absolute atomic E-state index is 12.8. The number of hydrogen-bond donors (Lipinski definition) is 1. The van der Waals surface area contributed by atoms with E-state index in [2.05, 4.69) is 6.58 Å². The molecule has 126 valence electrons. The van der Waals surface area contributed by atoms with Crippen LogP contribution in [0.25, 0.3) is 0 Å². The molecular weight excluding hydrogens is 312 g/mol.